The lowest BCUT2D eigenvalue weighted by atomic mass is 10.1. The molecule has 0 aliphatic heterocycles. The molecule has 1 aromatic carbocycles. The fourth-order valence-electron chi connectivity index (χ4n) is 1.89. The minimum Gasteiger partial charge on any atom is -0.462 e. The van der Waals surface area contributed by atoms with Crippen LogP contribution in [-0.4, -0.2) is 24.6 Å². The maximum absolute atomic E-state index is 12.1. The molecule has 0 aromatic heterocycles. The van der Waals surface area contributed by atoms with Crippen molar-refractivity contribution in [1.82, 2.24) is 0 Å². The molecular weight excluding hydrogens is 292 g/mol. The molecule has 23 heavy (non-hydrogen) atoms. The fourth-order valence-corrected chi connectivity index (χ4v) is 1.89. The largest absolute Gasteiger partial charge is 0.462 e. The van der Waals surface area contributed by atoms with E-state index in [1.807, 2.05) is 20.8 Å². The van der Waals surface area contributed by atoms with Gasteiger partial charge >= 0.3 is 11.9 Å². The first kappa shape index (κ1) is 19.2. The second-order valence-electron chi connectivity index (χ2n) is 6.61. The Morgan fingerprint density at radius 2 is 1.61 bits per heavy atom. The Bertz CT molecular complexity index is 520. The molecule has 4 nitrogen and oxygen atoms in total. The van der Waals surface area contributed by atoms with E-state index in [2.05, 4.69) is 13.8 Å². The van der Waals surface area contributed by atoms with E-state index in [0.29, 0.717) is 23.7 Å². The van der Waals surface area contributed by atoms with E-state index in [9.17, 15) is 9.59 Å². The van der Waals surface area contributed by atoms with E-state index in [1.165, 1.54) is 6.07 Å². The number of hydrogen-bond acceptors (Lipinski definition) is 4. The molecule has 1 unspecified atom stereocenters. The van der Waals surface area contributed by atoms with Gasteiger partial charge in [0.05, 0.1) is 17.7 Å². The number of carbonyl (C=O) groups excluding carboxylic acids is 2. The Kier molecular flexibility index (Phi) is 7.79. The summed E-state index contributed by atoms with van der Waals surface area (Å²) in [6.07, 6.45) is 1.69. The van der Waals surface area contributed by atoms with Crippen LogP contribution in [-0.2, 0) is 9.47 Å². The van der Waals surface area contributed by atoms with Gasteiger partial charge in [-0.2, -0.15) is 0 Å². The summed E-state index contributed by atoms with van der Waals surface area (Å²) in [6.45, 7) is 10.5. The standard InChI is InChI=1S/C19H28O4/c1-13(2)8-7-11-22-18(20)16-9-6-10-17(12-16)19(21)23-15(5)14(3)4/h6,9-10,12-15H,7-8,11H2,1-5H3. The molecule has 1 rings (SSSR count). The van der Waals surface area contributed by atoms with Gasteiger partial charge in [-0.05, 0) is 49.8 Å². The van der Waals surface area contributed by atoms with E-state index < -0.39 is 11.9 Å². The summed E-state index contributed by atoms with van der Waals surface area (Å²) in [5.74, 6) is 0.0174. The van der Waals surface area contributed by atoms with Crippen molar-refractivity contribution in [2.45, 2.75) is 53.6 Å². The van der Waals surface area contributed by atoms with Crippen LogP contribution in [0, 0.1) is 11.8 Å². The number of esters is 2. The molecular formula is C19H28O4. The Morgan fingerprint density at radius 3 is 2.17 bits per heavy atom. The van der Waals surface area contributed by atoms with Crippen molar-refractivity contribution in [2.24, 2.45) is 11.8 Å². The average molecular weight is 320 g/mol. The zero-order chi connectivity index (χ0) is 17.4. The molecule has 0 bridgehead atoms. The quantitative estimate of drug-likeness (QED) is 0.523. The maximum Gasteiger partial charge on any atom is 0.338 e. The molecule has 0 aliphatic rings. The van der Waals surface area contributed by atoms with E-state index in [1.54, 1.807) is 18.2 Å². The normalized spacial score (nSPS) is 12.3. The van der Waals surface area contributed by atoms with Crippen molar-refractivity contribution in [3.8, 4) is 0 Å². The lowest BCUT2D eigenvalue weighted by Gasteiger charge is -2.16. The summed E-state index contributed by atoms with van der Waals surface area (Å²) >= 11 is 0. The predicted molar refractivity (Wildman–Crippen MR) is 90.5 cm³/mol. The van der Waals surface area contributed by atoms with Crippen LogP contribution in [0.1, 0.15) is 68.2 Å². The number of hydrogen-bond donors (Lipinski definition) is 0. The summed E-state index contributed by atoms with van der Waals surface area (Å²) in [7, 11) is 0. The van der Waals surface area contributed by atoms with Crippen molar-refractivity contribution < 1.29 is 19.1 Å². The third-order valence-corrected chi connectivity index (χ3v) is 3.72. The number of benzene rings is 1. The Balaban J connectivity index is 2.61. The lowest BCUT2D eigenvalue weighted by Crippen LogP contribution is -2.20. The first-order valence-corrected chi connectivity index (χ1v) is 8.29. The maximum atomic E-state index is 12.1. The molecule has 0 amide bonds. The minimum absolute atomic E-state index is 0.172. The van der Waals surface area contributed by atoms with Crippen molar-refractivity contribution in [3.05, 3.63) is 35.4 Å². The van der Waals surface area contributed by atoms with Gasteiger partial charge in [-0.1, -0.05) is 33.8 Å². The highest BCUT2D eigenvalue weighted by molar-refractivity contribution is 5.95. The summed E-state index contributed by atoms with van der Waals surface area (Å²) in [5, 5.41) is 0. The van der Waals surface area contributed by atoms with Gasteiger partial charge in [-0.3, -0.25) is 0 Å². The highest BCUT2D eigenvalue weighted by atomic mass is 16.5. The molecule has 0 aliphatic carbocycles. The van der Waals surface area contributed by atoms with Gasteiger partial charge in [0.25, 0.3) is 0 Å². The predicted octanol–water partition coefficient (Wildman–Crippen LogP) is 4.48. The van der Waals surface area contributed by atoms with E-state index in [0.717, 1.165) is 12.8 Å². The second-order valence-corrected chi connectivity index (χ2v) is 6.61. The van der Waals surface area contributed by atoms with Crippen LogP contribution >= 0.6 is 0 Å². The van der Waals surface area contributed by atoms with Gasteiger partial charge in [0.2, 0.25) is 0 Å². The molecule has 1 atom stereocenters. The van der Waals surface area contributed by atoms with Crippen LogP contribution in [0.4, 0.5) is 0 Å². The van der Waals surface area contributed by atoms with Gasteiger partial charge in [-0.15, -0.1) is 0 Å². The van der Waals surface area contributed by atoms with E-state index in [4.69, 9.17) is 9.47 Å². The number of ether oxygens (including phenoxy) is 2. The Labute approximate surface area is 139 Å². The molecule has 0 spiro atoms. The van der Waals surface area contributed by atoms with Crippen LogP contribution in [0.25, 0.3) is 0 Å². The molecule has 0 saturated heterocycles. The third-order valence-electron chi connectivity index (χ3n) is 3.72. The average Bonchev–Trinajstić information content (AvgIpc) is 2.51. The van der Waals surface area contributed by atoms with Crippen molar-refractivity contribution >= 4 is 11.9 Å². The lowest BCUT2D eigenvalue weighted by molar-refractivity contribution is 0.0238. The molecule has 0 heterocycles. The van der Waals surface area contributed by atoms with Crippen LogP contribution < -0.4 is 0 Å². The second kappa shape index (κ2) is 9.33. The Hall–Kier alpha value is -1.84. The zero-order valence-electron chi connectivity index (χ0n) is 14.8. The Morgan fingerprint density at radius 1 is 1.00 bits per heavy atom. The fraction of sp³-hybridized carbons (Fsp3) is 0.579. The third kappa shape index (κ3) is 6.85. The molecule has 0 fully saturated rings. The highest BCUT2D eigenvalue weighted by Gasteiger charge is 2.16. The van der Waals surface area contributed by atoms with Crippen LogP contribution in [0.2, 0.25) is 0 Å². The van der Waals surface area contributed by atoms with Gasteiger partial charge < -0.3 is 9.47 Å². The monoisotopic (exact) mass is 320 g/mol. The summed E-state index contributed by atoms with van der Waals surface area (Å²) in [6, 6.07) is 6.49. The topological polar surface area (TPSA) is 52.6 Å². The molecule has 4 heteroatoms. The van der Waals surface area contributed by atoms with Crippen LogP contribution in [0.15, 0.2) is 24.3 Å². The zero-order valence-corrected chi connectivity index (χ0v) is 14.8. The first-order valence-electron chi connectivity index (χ1n) is 8.29. The molecule has 128 valence electrons. The summed E-state index contributed by atoms with van der Waals surface area (Å²) in [5.41, 5.74) is 0.746. The van der Waals surface area contributed by atoms with Gasteiger partial charge in [0, 0.05) is 0 Å². The van der Waals surface area contributed by atoms with Crippen LogP contribution in [0.3, 0.4) is 0 Å². The van der Waals surface area contributed by atoms with Crippen molar-refractivity contribution in [2.75, 3.05) is 6.61 Å². The molecule has 0 radical (unpaired) electrons. The van der Waals surface area contributed by atoms with E-state index >= 15 is 0 Å². The summed E-state index contributed by atoms with van der Waals surface area (Å²) < 4.78 is 10.6. The van der Waals surface area contributed by atoms with Crippen LogP contribution in [0.5, 0.6) is 0 Å². The SMILES string of the molecule is CC(C)CCCOC(=O)c1cccc(C(=O)OC(C)C(C)C)c1. The smallest absolute Gasteiger partial charge is 0.338 e. The molecule has 1 aromatic rings. The van der Waals surface area contributed by atoms with Gasteiger partial charge in [-0.25, -0.2) is 9.59 Å². The number of carbonyl (C=O) groups is 2. The highest BCUT2D eigenvalue weighted by Crippen LogP contribution is 2.13. The van der Waals surface area contributed by atoms with Crippen molar-refractivity contribution in [3.63, 3.8) is 0 Å². The first-order chi connectivity index (χ1) is 10.8. The minimum atomic E-state index is -0.416. The number of rotatable bonds is 8. The molecule has 0 N–H and O–H groups in total. The van der Waals surface area contributed by atoms with Gasteiger partial charge in [0.15, 0.2) is 0 Å². The van der Waals surface area contributed by atoms with E-state index in [-0.39, 0.29) is 12.0 Å². The summed E-state index contributed by atoms with van der Waals surface area (Å²) in [4.78, 5) is 24.1. The van der Waals surface area contributed by atoms with Crippen molar-refractivity contribution in [1.29, 1.82) is 0 Å². The van der Waals surface area contributed by atoms with Gasteiger partial charge in [0.1, 0.15) is 6.10 Å². The molecule has 0 saturated carbocycles.